The molecule has 80 valence electrons. The van der Waals surface area contributed by atoms with E-state index in [4.69, 9.17) is 0 Å². The maximum absolute atomic E-state index is 4.55. The first-order valence-corrected chi connectivity index (χ1v) is 5.19. The standard InChI is InChI=1S/2C3H7NS2.H2Se/c2*1-2-4-3(5)6;/h2*2H2,1H3,(H2,4,5,6);1H2. The van der Waals surface area contributed by atoms with E-state index in [2.05, 4.69) is 60.3 Å². The third-order valence-corrected chi connectivity index (χ3v) is 1.26. The molecule has 7 heteroatoms. The van der Waals surface area contributed by atoms with Gasteiger partial charge in [0.1, 0.15) is 8.64 Å². The van der Waals surface area contributed by atoms with Crippen molar-refractivity contribution in [2.45, 2.75) is 13.8 Å². The zero-order chi connectivity index (χ0) is 9.98. The van der Waals surface area contributed by atoms with E-state index in [0.717, 1.165) is 13.1 Å². The Morgan fingerprint density at radius 2 is 1.23 bits per heavy atom. The summed E-state index contributed by atoms with van der Waals surface area (Å²) in [7, 11) is 0. The van der Waals surface area contributed by atoms with E-state index in [1.165, 1.54) is 0 Å². The molecule has 0 rings (SSSR count). The van der Waals surface area contributed by atoms with Crippen LogP contribution < -0.4 is 10.6 Å². The Labute approximate surface area is 112 Å². The Morgan fingerprint density at radius 1 is 1.00 bits per heavy atom. The summed E-state index contributed by atoms with van der Waals surface area (Å²) in [6.07, 6.45) is 0. The second-order valence-electron chi connectivity index (χ2n) is 1.67. The average Bonchev–Trinajstić information content (AvgIpc) is 1.87. The van der Waals surface area contributed by atoms with Crippen molar-refractivity contribution in [2.24, 2.45) is 0 Å². The van der Waals surface area contributed by atoms with Crippen LogP contribution in [0.3, 0.4) is 0 Å². The number of thiol groups is 2. The van der Waals surface area contributed by atoms with Crippen LogP contribution in [0, 0.1) is 0 Å². The first-order chi connectivity index (χ1) is 5.54. The summed E-state index contributed by atoms with van der Waals surface area (Å²) >= 11 is 16.7. The van der Waals surface area contributed by atoms with Gasteiger partial charge in [0, 0.05) is 13.1 Å². The molecule has 0 unspecified atom stereocenters. The summed E-state index contributed by atoms with van der Waals surface area (Å²) in [5, 5.41) is 5.61. The van der Waals surface area contributed by atoms with Crippen LogP contribution in [-0.2, 0) is 0 Å². The molecule has 2 N–H and O–H groups in total. The first-order valence-electron chi connectivity index (χ1n) is 3.48. The van der Waals surface area contributed by atoms with Gasteiger partial charge in [-0.15, -0.1) is 25.3 Å². The molecule has 0 atom stereocenters. The number of hydrogen-bond donors (Lipinski definition) is 4. The molecule has 0 aromatic rings. The van der Waals surface area contributed by atoms with E-state index in [9.17, 15) is 0 Å². The van der Waals surface area contributed by atoms with Crippen LogP contribution >= 0.6 is 49.7 Å². The Balaban J connectivity index is -0.000000143. The van der Waals surface area contributed by atoms with E-state index in [1.54, 1.807) is 0 Å². The SMILES string of the molecule is CCNC(=S)S.CCNC(=S)S.[SeH2]. The minimum absolute atomic E-state index is 0. The molecular formula is C6H16N2S4Se. The van der Waals surface area contributed by atoms with Crippen LogP contribution in [0.5, 0.6) is 0 Å². The second-order valence-corrected chi connectivity index (χ2v) is 3.99. The van der Waals surface area contributed by atoms with Gasteiger partial charge in [-0.3, -0.25) is 0 Å². The van der Waals surface area contributed by atoms with Gasteiger partial charge >= 0.3 is 17.1 Å². The zero-order valence-electron chi connectivity index (χ0n) is 7.63. The van der Waals surface area contributed by atoms with Gasteiger partial charge in [-0.25, -0.2) is 0 Å². The number of rotatable bonds is 2. The molecule has 0 amide bonds. The molecule has 0 saturated carbocycles. The molecule has 13 heavy (non-hydrogen) atoms. The number of thiocarbonyl (C=S) groups is 2. The molecule has 0 aliphatic heterocycles. The number of hydrogen-bond acceptors (Lipinski definition) is 2. The summed E-state index contributed by atoms with van der Waals surface area (Å²) < 4.78 is 1.13. The molecule has 0 heterocycles. The Morgan fingerprint density at radius 3 is 1.23 bits per heavy atom. The van der Waals surface area contributed by atoms with Crippen LogP contribution in [0.1, 0.15) is 13.8 Å². The van der Waals surface area contributed by atoms with Gasteiger partial charge in [0.15, 0.2) is 0 Å². The predicted molar refractivity (Wildman–Crippen MR) is 79.1 cm³/mol. The molecule has 2 nitrogen and oxygen atoms in total. The van der Waals surface area contributed by atoms with Crippen LogP contribution in [0.4, 0.5) is 0 Å². The van der Waals surface area contributed by atoms with Crippen LogP contribution in [-0.4, -0.2) is 38.8 Å². The van der Waals surface area contributed by atoms with E-state index in [1.807, 2.05) is 13.8 Å². The molecule has 0 aromatic carbocycles. The molecule has 0 bridgehead atoms. The third kappa shape index (κ3) is 32.1. The van der Waals surface area contributed by atoms with Gasteiger partial charge in [0.05, 0.1) is 0 Å². The van der Waals surface area contributed by atoms with Gasteiger partial charge in [-0.05, 0) is 13.8 Å². The quantitative estimate of drug-likeness (QED) is 0.342. The minimum atomic E-state index is 0. The molecule has 0 aliphatic rings. The fourth-order valence-electron chi connectivity index (χ4n) is 0.302. The first kappa shape index (κ1) is 19.6. The zero-order valence-corrected chi connectivity index (χ0v) is 13.1. The monoisotopic (exact) mass is 324 g/mol. The molecule has 0 spiro atoms. The van der Waals surface area contributed by atoms with Gasteiger partial charge in [-0.1, -0.05) is 24.4 Å². The molecule has 0 radical (unpaired) electrons. The Kier molecular flexibility index (Phi) is 23.3. The van der Waals surface area contributed by atoms with Crippen LogP contribution in [0.25, 0.3) is 0 Å². The Bertz CT molecular complexity index is 127. The van der Waals surface area contributed by atoms with Crippen molar-refractivity contribution in [2.75, 3.05) is 13.1 Å². The molecule has 0 saturated heterocycles. The van der Waals surface area contributed by atoms with Crippen molar-refractivity contribution < 1.29 is 0 Å². The van der Waals surface area contributed by atoms with E-state index in [0.29, 0.717) is 8.64 Å². The van der Waals surface area contributed by atoms with Crippen molar-refractivity contribution in [3.63, 3.8) is 0 Å². The van der Waals surface area contributed by atoms with Crippen LogP contribution in [0.2, 0.25) is 0 Å². The van der Waals surface area contributed by atoms with Crippen molar-refractivity contribution in [3.05, 3.63) is 0 Å². The van der Waals surface area contributed by atoms with E-state index < -0.39 is 0 Å². The molecular weight excluding hydrogens is 307 g/mol. The molecule has 0 fully saturated rings. The summed E-state index contributed by atoms with van der Waals surface area (Å²) in [6.45, 7) is 5.68. The van der Waals surface area contributed by atoms with E-state index >= 15 is 0 Å². The average molecular weight is 323 g/mol. The summed E-state index contributed by atoms with van der Waals surface area (Å²) in [4.78, 5) is 0. The third-order valence-electron chi connectivity index (χ3n) is 0.656. The number of nitrogens with one attached hydrogen (secondary N) is 2. The molecule has 0 aromatic heterocycles. The van der Waals surface area contributed by atoms with Gasteiger partial charge in [0.25, 0.3) is 0 Å². The van der Waals surface area contributed by atoms with Crippen molar-refractivity contribution in [1.82, 2.24) is 10.6 Å². The van der Waals surface area contributed by atoms with Crippen molar-refractivity contribution in [3.8, 4) is 0 Å². The normalized spacial score (nSPS) is 7.08. The van der Waals surface area contributed by atoms with Gasteiger partial charge < -0.3 is 10.6 Å². The maximum atomic E-state index is 4.55. The molecule has 0 aliphatic carbocycles. The van der Waals surface area contributed by atoms with Crippen LogP contribution in [0.15, 0.2) is 0 Å². The fraction of sp³-hybridized carbons (Fsp3) is 0.667. The fourth-order valence-corrected chi connectivity index (χ4v) is 0.907. The van der Waals surface area contributed by atoms with Gasteiger partial charge in [0.2, 0.25) is 0 Å². The topological polar surface area (TPSA) is 24.1 Å². The van der Waals surface area contributed by atoms with E-state index in [-0.39, 0.29) is 17.1 Å². The Hall–Kier alpha value is 0.999. The predicted octanol–water partition coefficient (Wildman–Crippen LogP) is 0.705. The summed E-state index contributed by atoms with van der Waals surface area (Å²) in [5.41, 5.74) is 0. The van der Waals surface area contributed by atoms with Crippen molar-refractivity contribution >= 4 is 75.4 Å². The van der Waals surface area contributed by atoms with Gasteiger partial charge in [-0.2, -0.15) is 0 Å². The second kappa shape index (κ2) is 15.5. The summed E-state index contributed by atoms with van der Waals surface area (Å²) in [5.74, 6) is 0. The summed E-state index contributed by atoms with van der Waals surface area (Å²) in [6, 6.07) is 0. The van der Waals surface area contributed by atoms with Crippen molar-refractivity contribution in [1.29, 1.82) is 0 Å².